The molecule has 1 aliphatic heterocycles. The van der Waals surface area contributed by atoms with Gasteiger partial charge in [0.15, 0.2) is 17.4 Å². The van der Waals surface area contributed by atoms with Gasteiger partial charge in [0.1, 0.15) is 18.3 Å². The van der Waals surface area contributed by atoms with Crippen LogP contribution in [0.5, 0.6) is 0 Å². The second-order valence-corrected chi connectivity index (χ2v) is 10.2. The van der Waals surface area contributed by atoms with Gasteiger partial charge in [0.05, 0.1) is 19.3 Å². The molecule has 0 radical (unpaired) electrons. The van der Waals surface area contributed by atoms with Gasteiger partial charge in [-0.15, -0.1) is 0 Å². The van der Waals surface area contributed by atoms with E-state index in [1.165, 1.54) is 0 Å². The third-order valence-corrected chi connectivity index (χ3v) is 7.47. The topological polar surface area (TPSA) is 282 Å². The maximum Gasteiger partial charge on any atom is 1.00 e. The second kappa shape index (κ2) is 13.6. The normalized spacial score (nSPS) is 27.4. The minimum Gasteiger partial charge on any atom is -0.756 e. The van der Waals surface area contributed by atoms with Crippen molar-refractivity contribution in [3.05, 3.63) is 23.0 Å². The van der Waals surface area contributed by atoms with E-state index in [0.717, 1.165) is 17.2 Å². The molecular formula is C10H12N4Na3O14P3. The van der Waals surface area contributed by atoms with E-state index < -0.39 is 60.2 Å². The predicted molar refractivity (Wildman–Crippen MR) is 87.2 cm³/mol. The minimum absolute atomic E-state index is 0. The first-order valence-electron chi connectivity index (χ1n) is 7.84. The van der Waals surface area contributed by atoms with Crippen LogP contribution in [0.3, 0.4) is 0 Å². The Balaban J connectivity index is 0.00000363. The average molecular weight is 574 g/mol. The number of phosphoric acid groups is 3. The first-order valence-corrected chi connectivity index (χ1v) is 12.3. The molecular weight excluding hydrogens is 562 g/mol. The Morgan fingerprint density at radius 2 is 1.68 bits per heavy atom. The zero-order valence-corrected chi connectivity index (χ0v) is 26.4. The average Bonchev–Trinajstić information content (AvgIpc) is 3.13. The summed E-state index contributed by atoms with van der Waals surface area (Å²) in [5, 5.41) is 20.3. The second-order valence-electron chi connectivity index (χ2n) is 5.92. The molecule has 1 aliphatic rings. The van der Waals surface area contributed by atoms with Gasteiger partial charge in [-0.2, -0.15) is 0 Å². The summed E-state index contributed by atoms with van der Waals surface area (Å²) in [4.78, 5) is 63.1. The van der Waals surface area contributed by atoms with Gasteiger partial charge in [-0.1, -0.05) is 0 Å². The maximum atomic E-state index is 11.7. The Kier molecular flexibility index (Phi) is 14.3. The van der Waals surface area contributed by atoms with Gasteiger partial charge in [-0.05, 0) is 0 Å². The van der Waals surface area contributed by atoms with Crippen LogP contribution in [0.1, 0.15) is 6.23 Å². The van der Waals surface area contributed by atoms with Crippen LogP contribution >= 0.6 is 23.5 Å². The Morgan fingerprint density at radius 1 is 1.06 bits per heavy atom. The number of phosphoric ester groups is 1. The molecule has 0 spiro atoms. The van der Waals surface area contributed by atoms with Crippen molar-refractivity contribution in [2.24, 2.45) is 0 Å². The number of aromatic nitrogens is 4. The molecule has 1 fully saturated rings. The van der Waals surface area contributed by atoms with Gasteiger partial charge in [-0.25, -0.2) is 18.6 Å². The van der Waals surface area contributed by atoms with Gasteiger partial charge >= 0.3 is 88.7 Å². The van der Waals surface area contributed by atoms with Gasteiger partial charge < -0.3 is 44.0 Å². The number of aliphatic hydroxyl groups is 2. The van der Waals surface area contributed by atoms with Crippen LogP contribution in [-0.4, -0.2) is 59.5 Å². The number of imidazole rings is 1. The summed E-state index contributed by atoms with van der Waals surface area (Å²) in [6, 6.07) is 0. The number of nitrogens with zero attached hydrogens (tertiary/aromatic N) is 3. The molecule has 0 aliphatic carbocycles. The summed E-state index contributed by atoms with van der Waals surface area (Å²) in [7, 11) is -17.8. The molecule has 0 bridgehead atoms. The van der Waals surface area contributed by atoms with E-state index in [9.17, 15) is 43.4 Å². The van der Waals surface area contributed by atoms with E-state index >= 15 is 0 Å². The van der Waals surface area contributed by atoms with E-state index in [1.54, 1.807) is 0 Å². The number of aliphatic hydroxyl groups excluding tert-OH is 2. The Hall–Kier alpha value is 1.64. The molecule has 4 N–H and O–H groups in total. The molecule has 24 heteroatoms. The van der Waals surface area contributed by atoms with E-state index in [0.29, 0.717) is 0 Å². The molecule has 34 heavy (non-hydrogen) atoms. The van der Waals surface area contributed by atoms with E-state index in [4.69, 9.17) is 9.63 Å². The molecule has 0 amide bonds. The molecule has 0 aromatic carbocycles. The van der Waals surface area contributed by atoms with Crippen molar-refractivity contribution in [2.45, 2.75) is 24.5 Å². The molecule has 0 saturated carbocycles. The van der Waals surface area contributed by atoms with Crippen molar-refractivity contribution in [2.75, 3.05) is 6.61 Å². The summed E-state index contributed by atoms with van der Waals surface area (Å²) in [5.74, 6) is 0. The van der Waals surface area contributed by atoms with E-state index in [1.807, 2.05) is 0 Å². The quantitative estimate of drug-likeness (QED) is 0.168. The molecule has 6 unspecified atom stereocenters. The number of nitrogens with one attached hydrogen (secondary N) is 1. The van der Waals surface area contributed by atoms with Gasteiger partial charge in [-0.3, -0.25) is 23.1 Å². The van der Waals surface area contributed by atoms with Crippen molar-refractivity contribution in [3.8, 4) is 0 Å². The fourth-order valence-corrected chi connectivity index (χ4v) is 5.49. The first-order chi connectivity index (χ1) is 14.2. The van der Waals surface area contributed by atoms with Gasteiger partial charge in [0.25, 0.3) is 29.0 Å². The molecule has 2 aromatic rings. The Bertz CT molecular complexity index is 1170. The van der Waals surface area contributed by atoms with Crippen LogP contribution in [0.15, 0.2) is 17.4 Å². The standard InChI is InChI=1S/C10H15N4O14P3.3Na/c15-6-4(1-25-30(21,22)28-31(23,24)27-29(18,19)20)26-10(7(6)16)14-3-13-5-8(14)11-2-12-9(5)17;;;/h2-4,6-7,10,15-16H,1H2,(H,21,22)(H,23,24)(H,11,12,17)(H2,18,19,20);;;/q;3*+1/p-3/t4?,6-,7?,10?;;;/m0.../s1. The predicted octanol–water partition coefficient (Wildman–Crippen LogP) is -12.8. The number of hydrogen-bond donors (Lipinski definition) is 4. The number of fused-ring (bicyclic) bond motifs is 1. The van der Waals surface area contributed by atoms with Gasteiger partial charge in [0, 0.05) is 0 Å². The Morgan fingerprint density at radius 3 is 2.26 bits per heavy atom. The molecule has 18 nitrogen and oxygen atoms in total. The molecule has 7 atom stereocenters. The molecule has 174 valence electrons. The smallest absolute Gasteiger partial charge is 0.756 e. The summed E-state index contributed by atoms with van der Waals surface area (Å²) >= 11 is 0. The van der Waals surface area contributed by atoms with Gasteiger partial charge in [0.2, 0.25) is 0 Å². The SMILES string of the molecule is O=c1[nH]cnc2c1ncn2C1OC(COP(=O)([O-])OP(=O)([O-])OP(=O)([O-])O)[C@H](O)C1O.[Na+].[Na+].[Na+]. The van der Waals surface area contributed by atoms with Crippen molar-refractivity contribution < 1.29 is 150 Å². The number of aromatic amines is 1. The van der Waals surface area contributed by atoms with Crippen LogP contribution in [0, 0.1) is 0 Å². The summed E-state index contributed by atoms with van der Waals surface area (Å²) in [5.41, 5.74) is -0.749. The zero-order chi connectivity index (χ0) is 23.2. The largest absolute Gasteiger partial charge is 1.00 e. The monoisotopic (exact) mass is 574 g/mol. The summed E-state index contributed by atoms with van der Waals surface area (Å²) in [6.45, 7) is -1.09. The van der Waals surface area contributed by atoms with Crippen molar-refractivity contribution in [3.63, 3.8) is 0 Å². The number of ether oxygens (including phenoxy) is 1. The van der Waals surface area contributed by atoms with Crippen molar-refractivity contribution in [1.82, 2.24) is 19.5 Å². The Labute approximate surface area is 255 Å². The number of rotatable bonds is 8. The van der Waals surface area contributed by atoms with Crippen LogP contribution in [-0.2, 0) is 31.6 Å². The van der Waals surface area contributed by atoms with E-state index in [2.05, 4.69) is 28.1 Å². The third-order valence-electron chi connectivity index (χ3n) is 3.78. The number of hydrogen-bond acceptors (Lipinski definition) is 15. The molecule has 1 saturated heterocycles. The third kappa shape index (κ3) is 9.13. The molecule has 2 aromatic heterocycles. The van der Waals surface area contributed by atoms with Crippen molar-refractivity contribution in [1.29, 1.82) is 0 Å². The fourth-order valence-electron chi connectivity index (χ4n) is 2.60. The fraction of sp³-hybridized carbons (Fsp3) is 0.500. The zero-order valence-electron chi connectivity index (χ0n) is 17.7. The first kappa shape index (κ1) is 35.6. The van der Waals surface area contributed by atoms with Crippen LogP contribution < -0.4 is 109 Å². The summed E-state index contributed by atoms with van der Waals surface area (Å²) in [6.07, 6.45) is -4.31. The van der Waals surface area contributed by atoms with E-state index in [-0.39, 0.29) is 99.8 Å². The van der Waals surface area contributed by atoms with Crippen molar-refractivity contribution >= 4 is 34.6 Å². The molecule has 3 rings (SSSR count). The summed E-state index contributed by atoms with van der Waals surface area (Å²) < 4.78 is 50.3. The number of H-pyrrole nitrogens is 1. The van der Waals surface area contributed by atoms with Crippen LogP contribution in [0.4, 0.5) is 0 Å². The maximum absolute atomic E-state index is 11.7. The minimum atomic E-state index is -6.09. The molecule has 3 heterocycles. The van der Waals surface area contributed by atoms with Crippen LogP contribution in [0.25, 0.3) is 11.2 Å². The van der Waals surface area contributed by atoms with Crippen LogP contribution in [0.2, 0.25) is 0 Å².